The van der Waals surface area contributed by atoms with Crippen LogP contribution >= 0.6 is 11.3 Å². The van der Waals surface area contributed by atoms with Gasteiger partial charge in [-0.3, -0.25) is 4.79 Å². The summed E-state index contributed by atoms with van der Waals surface area (Å²) in [5.74, 6) is 0.214. The van der Waals surface area contributed by atoms with E-state index in [1.54, 1.807) is 11.3 Å². The Morgan fingerprint density at radius 2 is 2.19 bits per heavy atom. The number of thiophene rings is 1. The minimum Gasteiger partial charge on any atom is -0.377 e. The van der Waals surface area contributed by atoms with Crippen molar-refractivity contribution in [3.63, 3.8) is 0 Å². The van der Waals surface area contributed by atoms with Crippen molar-refractivity contribution in [2.45, 2.75) is 32.4 Å². The Morgan fingerprint density at radius 1 is 1.50 bits per heavy atom. The van der Waals surface area contributed by atoms with E-state index in [2.05, 4.69) is 0 Å². The Hall–Kier alpha value is -0.870. The molecule has 0 saturated carbocycles. The Morgan fingerprint density at radius 3 is 2.75 bits per heavy atom. The first-order chi connectivity index (χ1) is 7.68. The largest absolute Gasteiger partial charge is 0.377 e. The average Bonchev–Trinajstić information content (AvgIpc) is 2.70. The maximum Gasteiger partial charge on any atom is 0.228 e. The van der Waals surface area contributed by atoms with Gasteiger partial charge in [0.25, 0.3) is 0 Å². The summed E-state index contributed by atoms with van der Waals surface area (Å²) in [6.45, 7) is 5.39. The van der Waals surface area contributed by atoms with Gasteiger partial charge in [0.05, 0.1) is 31.7 Å². The second kappa shape index (κ2) is 4.97. The molecule has 1 aromatic rings. The summed E-state index contributed by atoms with van der Waals surface area (Å²) in [4.78, 5) is 15.3. The number of nitrogens with zero attached hydrogens (tertiary/aromatic N) is 1. The fourth-order valence-corrected chi connectivity index (χ4v) is 2.85. The van der Waals surface area contributed by atoms with E-state index < -0.39 is 0 Å². The van der Waals surface area contributed by atoms with E-state index in [0.717, 1.165) is 4.88 Å². The summed E-state index contributed by atoms with van der Waals surface area (Å²) in [6.07, 6.45) is 0.520. The lowest BCUT2D eigenvalue weighted by molar-refractivity contribution is -0.143. The topological polar surface area (TPSA) is 29.5 Å². The first-order valence-electron chi connectivity index (χ1n) is 5.59. The van der Waals surface area contributed by atoms with E-state index >= 15 is 0 Å². The minimum absolute atomic E-state index is 0.191. The molecule has 16 heavy (non-hydrogen) atoms. The molecule has 1 saturated heterocycles. The number of hydrogen-bond donors (Lipinski definition) is 0. The quantitative estimate of drug-likeness (QED) is 0.789. The highest BCUT2D eigenvalue weighted by Crippen LogP contribution is 2.17. The van der Waals surface area contributed by atoms with Gasteiger partial charge in [0.1, 0.15) is 0 Å². The minimum atomic E-state index is 0.191. The second-order valence-corrected chi connectivity index (χ2v) is 5.32. The molecule has 1 amide bonds. The van der Waals surface area contributed by atoms with Crippen molar-refractivity contribution < 1.29 is 9.53 Å². The molecule has 1 aliphatic heterocycles. The van der Waals surface area contributed by atoms with Crippen molar-refractivity contribution >= 4 is 17.2 Å². The molecule has 1 aromatic heterocycles. The SMILES string of the molecule is C[C@@H]1COC[C@H](C)N1C(=O)Cc1cccs1. The van der Waals surface area contributed by atoms with Crippen LogP contribution in [0.15, 0.2) is 17.5 Å². The third kappa shape index (κ3) is 2.44. The predicted octanol–water partition coefficient (Wildman–Crippen LogP) is 1.93. The molecule has 0 aromatic carbocycles. The monoisotopic (exact) mass is 239 g/mol. The molecule has 88 valence electrons. The molecule has 2 heterocycles. The zero-order valence-electron chi connectivity index (χ0n) is 9.68. The Kier molecular flexibility index (Phi) is 3.61. The van der Waals surface area contributed by atoms with Crippen LogP contribution in [-0.2, 0) is 16.0 Å². The van der Waals surface area contributed by atoms with Crippen molar-refractivity contribution in [2.24, 2.45) is 0 Å². The van der Waals surface area contributed by atoms with Gasteiger partial charge in [0.15, 0.2) is 0 Å². The van der Waals surface area contributed by atoms with Crippen LogP contribution < -0.4 is 0 Å². The molecule has 0 radical (unpaired) electrons. The van der Waals surface area contributed by atoms with Gasteiger partial charge in [0, 0.05) is 4.88 Å². The Balaban J connectivity index is 2.02. The first kappa shape index (κ1) is 11.6. The fourth-order valence-electron chi connectivity index (χ4n) is 2.15. The standard InChI is InChI=1S/C12H17NO2S/c1-9-7-15-8-10(2)13(9)12(14)6-11-4-3-5-16-11/h3-5,9-10H,6-8H2,1-2H3/t9-,10+. The van der Waals surface area contributed by atoms with Crippen LogP contribution in [0.5, 0.6) is 0 Å². The molecule has 0 N–H and O–H groups in total. The molecule has 4 heteroatoms. The summed E-state index contributed by atoms with van der Waals surface area (Å²) in [6, 6.07) is 4.38. The number of carbonyl (C=O) groups excluding carboxylic acids is 1. The second-order valence-electron chi connectivity index (χ2n) is 4.29. The molecule has 0 spiro atoms. The van der Waals surface area contributed by atoms with Crippen LogP contribution in [0, 0.1) is 0 Å². The van der Waals surface area contributed by atoms with Crippen LogP contribution in [0.3, 0.4) is 0 Å². The number of hydrogen-bond acceptors (Lipinski definition) is 3. The van der Waals surface area contributed by atoms with Crippen molar-refractivity contribution in [3.05, 3.63) is 22.4 Å². The van der Waals surface area contributed by atoms with Crippen molar-refractivity contribution in [1.82, 2.24) is 4.90 Å². The molecular weight excluding hydrogens is 222 g/mol. The van der Waals surface area contributed by atoms with Crippen molar-refractivity contribution in [2.75, 3.05) is 13.2 Å². The van der Waals surface area contributed by atoms with E-state index in [-0.39, 0.29) is 18.0 Å². The van der Waals surface area contributed by atoms with Crippen LogP contribution in [0.25, 0.3) is 0 Å². The highest BCUT2D eigenvalue weighted by Gasteiger charge is 2.29. The molecule has 1 aliphatic rings. The van der Waals surface area contributed by atoms with Crippen LogP contribution in [0.2, 0.25) is 0 Å². The van der Waals surface area contributed by atoms with Gasteiger partial charge in [-0.2, -0.15) is 0 Å². The molecule has 0 bridgehead atoms. The maximum absolute atomic E-state index is 12.2. The number of ether oxygens (including phenoxy) is 1. The molecule has 0 unspecified atom stereocenters. The van der Waals surface area contributed by atoms with Crippen LogP contribution in [0.4, 0.5) is 0 Å². The van der Waals surface area contributed by atoms with E-state index in [1.807, 2.05) is 36.3 Å². The van der Waals surface area contributed by atoms with Gasteiger partial charge in [-0.25, -0.2) is 0 Å². The zero-order chi connectivity index (χ0) is 11.5. The smallest absolute Gasteiger partial charge is 0.228 e. The molecular formula is C12H17NO2S. The third-order valence-corrected chi connectivity index (χ3v) is 3.74. The molecule has 2 atom stereocenters. The van der Waals surface area contributed by atoms with Gasteiger partial charge in [-0.1, -0.05) is 6.07 Å². The maximum atomic E-state index is 12.2. The average molecular weight is 239 g/mol. The molecule has 1 fully saturated rings. The number of morpholine rings is 1. The highest BCUT2D eigenvalue weighted by atomic mass is 32.1. The Bertz CT molecular complexity index is 340. The summed E-state index contributed by atoms with van der Waals surface area (Å²) in [5, 5.41) is 2.01. The summed E-state index contributed by atoms with van der Waals surface area (Å²) >= 11 is 1.64. The lowest BCUT2D eigenvalue weighted by Gasteiger charge is -2.38. The van der Waals surface area contributed by atoms with Gasteiger partial charge in [-0.15, -0.1) is 11.3 Å². The Labute approximate surface area is 100 Å². The summed E-state index contributed by atoms with van der Waals surface area (Å²) in [7, 11) is 0. The summed E-state index contributed by atoms with van der Waals surface area (Å²) in [5.41, 5.74) is 0. The third-order valence-electron chi connectivity index (χ3n) is 2.86. The van der Waals surface area contributed by atoms with Gasteiger partial charge in [-0.05, 0) is 25.3 Å². The van der Waals surface area contributed by atoms with Gasteiger partial charge < -0.3 is 9.64 Å². The van der Waals surface area contributed by atoms with Crippen molar-refractivity contribution in [1.29, 1.82) is 0 Å². The van der Waals surface area contributed by atoms with Crippen molar-refractivity contribution in [3.8, 4) is 0 Å². The van der Waals surface area contributed by atoms with Crippen LogP contribution in [-0.4, -0.2) is 36.1 Å². The molecule has 3 nitrogen and oxygen atoms in total. The van der Waals surface area contributed by atoms with Gasteiger partial charge >= 0.3 is 0 Å². The number of rotatable bonds is 2. The normalized spacial score (nSPS) is 25.8. The van der Waals surface area contributed by atoms with E-state index in [4.69, 9.17) is 4.74 Å². The number of amides is 1. The lowest BCUT2D eigenvalue weighted by atomic mass is 10.1. The van der Waals surface area contributed by atoms with Gasteiger partial charge in [0.2, 0.25) is 5.91 Å². The molecule has 0 aliphatic carbocycles. The van der Waals surface area contributed by atoms with E-state index in [0.29, 0.717) is 19.6 Å². The lowest BCUT2D eigenvalue weighted by Crippen LogP contribution is -2.52. The van der Waals surface area contributed by atoms with Crippen LogP contribution in [0.1, 0.15) is 18.7 Å². The zero-order valence-corrected chi connectivity index (χ0v) is 10.5. The molecule has 2 rings (SSSR count). The highest BCUT2D eigenvalue weighted by molar-refractivity contribution is 7.10. The first-order valence-corrected chi connectivity index (χ1v) is 6.47. The fraction of sp³-hybridized carbons (Fsp3) is 0.583. The number of carbonyl (C=O) groups is 1. The summed E-state index contributed by atoms with van der Waals surface area (Å²) < 4.78 is 5.42. The van der Waals surface area contributed by atoms with E-state index in [9.17, 15) is 4.79 Å². The predicted molar refractivity (Wildman–Crippen MR) is 64.6 cm³/mol. The van der Waals surface area contributed by atoms with E-state index in [1.165, 1.54) is 0 Å².